The fourth-order valence-corrected chi connectivity index (χ4v) is 2.08. The van der Waals surface area contributed by atoms with Crippen molar-refractivity contribution in [2.75, 3.05) is 32.9 Å². The van der Waals surface area contributed by atoms with E-state index < -0.39 is 0 Å². The van der Waals surface area contributed by atoms with Gasteiger partial charge in [-0.25, -0.2) is 0 Å². The van der Waals surface area contributed by atoms with Gasteiger partial charge in [-0.3, -0.25) is 0 Å². The maximum absolute atomic E-state index is 5.55. The summed E-state index contributed by atoms with van der Waals surface area (Å²) in [6.45, 7) is 7.24. The van der Waals surface area contributed by atoms with Crippen LogP contribution >= 0.6 is 11.3 Å². The summed E-state index contributed by atoms with van der Waals surface area (Å²) in [5.41, 5.74) is 0. The number of unbranched alkanes of at least 4 members (excludes halogenated alkanes) is 1. The van der Waals surface area contributed by atoms with Crippen molar-refractivity contribution < 1.29 is 9.47 Å². The minimum atomic E-state index is 0.740. The lowest BCUT2D eigenvalue weighted by atomic mass is 10.3. The number of nitrogens with one attached hydrogen (secondary N) is 1. The molecule has 1 aromatic heterocycles. The molecule has 0 amide bonds. The van der Waals surface area contributed by atoms with Crippen molar-refractivity contribution >= 4 is 11.3 Å². The third-order valence-electron chi connectivity index (χ3n) is 2.34. The maximum Gasteiger partial charge on any atom is 0.0809 e. The molecule has 0 fully saturated rings. The summed E-state index contributed by atoms with van der Waals surface area (Å²) >= 11 is 1.74. The fourth-order valence-electron chi connectivity index (χ4n) is 1.44. The fraction of sp³-hybridized carbons (Fsp3) is 0.692. The normalized spacial score (nSPS) is 10.9. The second kappa shape index (κ2) is 10.7. The van der Waals surface area contributed by atoms with Gasteiger partial charge in [-0.15, -0.1) is 11.3 Å². The van der Waals surface area contributed by atoms with Gasteiger partial charge in [-0.2, -0.15) is 0 Å². The summed E-state index contributed by atoms with van der Waals surface area (Å²) in [5.74, 6) is 0. The molecular weight excluding hydrogens is 234 g/mol. The summed E-state index contributed by atoms with van der Waals surface area (Å²) in [6, 6.07) is 4.16. The topological polar surface area (TPSA) is 30.5 Å². The van der Waals surface area contributed by atoms with Crippen LogP contribution in [0.3, 0.4) is 0 Å². The van der Waals surface area contributed by atoms with Crippen molar-refractivity contribution in [1.82, 2.24) is 5.32 Å². The van der Waals surface area contributed by atoms with E-state index in [0.717, 1.165) is 45.9 Å². The van der Waals surface area contributed by atoms with Crippen molar-refractivity contribution in [1.29, 1.82) is 0 Å². The van der Waals surface area contributed by atoms with E-state index in [2.05, 4.69) is 22.8 Å². The second-order valence-corrected chi connectivity index (χ2v) is 4.82. The highest BCUT2D eigenvalue weighted by Crippen LogP contribution is 2.08. The molecule has 0 aliphatic rings. The Morgan fingerprint density at radius 2 is 2.12 bits per heavy atom. The van der Waals surface area contributed by atoms with Crippen LogP contribution in [0.15, 0.2) is 17.5 Å². The van der Waals surface area contributed by atoms with Gasteiger partial charge in [0, 0.05) is 24.6 Å². The van der Waals surface area contributed by atoms with Crippen molar-refractivity contribution in [3.8, 4) is 0 Å². The predicted octanol–water partition coefficient (Wildman–Crippen LogP) is 2.67. The van der Waals surface area contributed by atoms with Crippen LogP contribution in [0.5, 0.6) is 0 Å². The third kappa shape index (κ3) is 8.32. The molecule has 0 aliphatic heterocycles. The molecule has 1 aromatic rings. The average molecular weight is 257 g/mol. The Morgan fingerprint density at radius 1 is 1.18 bits per heavy atom. The Bertz CT molecular complexity index is 252. The number of hydrogen-bond donors (Lipinski definition) is 1. The van der Waals surface area contributed by atoms with E-state index in [-0.39, 0.29) is 0 Å². The van der Waals surface area contributed by atoms with Gasteiger partial charge in [0.15, 0.2) is 0 Å². The van der Waals surface area contributed by atoms with Gasteiger partial charge >= 0.3 is 0 Å². The largest absolute Gasteiger partial charge is 0.382 e. The molecule has 0 aliphatic carbocycles. The SMILES string of the molecule is CCOCCCCNCCOCc1cccs1. The van der Waals surface area contributed by atoms with Gasteiger partial charge in [-0.1, -0.05) is 6.07 Å². The van der Waals surface area contributed by atoms with E-state index in [4.69, 9.17) is 9.47 Å². The maximum atomic E-state index is 5.55. The highest BCUT2D eigenvalue weighted by molar-refractivity contribution is 7.09. The third-order valence-corrected chi connectivity index (χ3v) is 3.19. The number of thiophene rings is 1. The van der Waals surface area contributed by atoms with Gasteiger partial charge in [0.25, 0.3) is 0 Å². The van der Waals surface area contributed by atoms with Crippen molar-refractivity contribution in [2.45, 2.75) is 26.4 Å². The Morgan fingerprint density at radius 3 is 2.88 bits per heavy atom. The molecule has 0 atom stereocenters. The lowest BCUT2D eigenvalue weighted by molar-refractivity contribution is 0.124. The second-order valence-electron chi connectivity index (χ2n) is 3.79. The Kier molecular flexibility index (Phi) is 9.23. The molecule has 3 nitrogen and oxygen atoms in total. The van der Waals surface area contributed by atoms with Gasteiger partial charge in [0.2, 0.25) is 0 Å². The minimum absolute atomic E-state index is 0.740. The summed E-state index contributed by atoms with van der Waals surface area (Å²) in [4.78, 5) is 1.29. The average Bonchev–Trinajstić information content (AvgIpc) is 2.85. The van der Waals surface area contributed by atoms with Gasteiger partial charge in [-0.05, 0) is 37.8 Å². The highest BCUT2D eigenvalue weighted by Gasteiger charge is 1.93. The zero-order valence-corrected chi connectivity index (χ0v) is 11.4. The summed E-state index contributed by atoms with van der Waals surface area (Å²) in [7, 11) is 0. The molecule has 0 saturated carbocycles. The first-order valence-electron chi connectivity index (χ1n) is 6.32. The number of rotatable bonds is 11. The standard InChI is InChI=1S/C13H23NO2S/c1-2-15-9-4-3-7-14-8-10-16-12-13-6-5-11-17-13/h5-6,11,14H,2-4,7-10,12H2,1H3. The first-order chi connectivity index (χ1) is 8.43. The summed E-state index contributed by atoms with van der Waals surface area (Å²) in [6.07, 6.45) is 2.31. The molecule has 98 valence electrons. The zero-order chi connectivity index (χ0) is 12.2. The van der Waals surface area contributed by atoms with Crippen molar-refractivity contribution in [2.24, 2.45) is 0 Å². The van der Waals surface area contributed by atoms with E-state index in [9.17, 15) is 0 Å². The quantitative estimate of drug-likeness (QED) is 0.618. The molecule has 0 radical (unpaired) electrons. The van der Waals surface area contributed by atoms with E-state index in [1.807, 2.05) is 6.92 Å². The molecule has 0 unspecified atom stereocenters. The van der Waals surface area contributed by atoms with Crippen LogP contribution in [0.1, 0.15) is 24.6 Å². The molecule has 0 spiro atoms. The Hall–Kier alpha value is -0.420. The van der Waals surface area contributed by atoms with Crippen LogP contribution in [0.25, 0.3) is 0 Å². The van der Waals surface area contributed by atoms with Crippen LogP contribution in [-0.2, 0) is 16.1 Å². The Balaban J connectivity index is 1.76. The van der Waals surface area contributed by atoms with Crippen LogP contribution < -0.4 is 5.32 Å². The molecule has 1 rings (SSSR count). The number of hydrogen-bond acceptors (Lipinski definition) is 4. The molecule has 1 N–H and O–H groups in total. The zero-order valence-electron chi connectivity index (χ0n) is 10.6. The minimum Gasteiger partial charge on any atom is -0.382 e. The van der Waals surface area contributed by atoms with E-state index in [0.29, 0.717) is 0 Å². The van der Waals surface area contributed by atoms with Gasteiger partial charge < -0.3 is 14.8 Å². The van der Waals surface area contributed by atoms with E-state index in [1.54, 1.807) is 11.3 Å². The Labute approximate surface area is 108 Å². The first-order valence-corrected chi connectivity index (χ1v) is 7.20. The van der Waals surface area contributed by atoms with Crippen LogP contribution in [0, 0.1) is 0 Å². The molecule has 0 aromatic carbocycles. The molecular formula is C13H23NO2S. The highest BCUT2D eigenvalue weighted by atomic mass is 32.1. The lowest BCUT2D eigenvalue weighted by Gasteiger charge is -2.05. The first kappa shape index (κ1) is 14.6. The van der Waals surface area contributed by atoms with Crippen LogP contribution in [-0.4, -0.2) is 32.9 Å². The molecule has 17 heavy (non-hydrogen) atoms. The van der Waals surface area contributed by atoms with Crippen LogP contribution in [0.2, 0.25) is 0 Å². The van der Waals surface area contributed by atoms with Crippen LogP contribution in [0.4, 0.5) is 0 Å². The van der Waals surface area contributed by atoms with E-state index in [1.165, 1.54) is 11.3 Å². The number of ether oxygens (including phenoxy) is 2. The van der Waals surface area contributed by atoms with Gasteiger partial charge in [0.1, 0.15) is 0 Å². The van der Waals surface area contributed by atoms with E-state index >= 15 is 0 Å². The molecule has 0 bridgehead atoms. The predicted molar refractivity (Wildman–Crippen MR) is 72.6 cm³/mol. The monoisotopic (exact) mass is 257 g/mol. The molecule has 0 saturated heterocycles. The summed E-state index contributed by atoms with van der Waals surface area (Å²) < 4.78 is 10.8. The van der Waals surface area contributed by atoms with Crippen molar-refractivity contribution in [3.63, 3.8) is 0 Å². The lowest BCUT2D eigenvalue weighted by Crippen LogP contribution is -2.21. The summed E-state index contributed by atoms with van der Waals surface area (Å²) in [5, 5.41) is 5.44. The molecule has 1 heterocycles. The molecule has 4 heteroatoms. The smallest absolute Gasteiger partial charge is 0.0809 e. The van der Waals surface area contributed by atoms with Gasteiger partial charge in [0.05, 0.1) is 13.2 Å². The van der Waals surface area contributed by atoms with Crippen molar-refractivity contribution in [3.05, 3.63) is 22.4 Å².